The summed E-state index contributed by atoms with van der Waals surface area (Å²) >= 11 is 0. The molecule has 2 aromatic rings. The summed E-state index contributed by atoms with van der Waals surface area (Å²) in [4.78, 5) is 12.5. The lowest BCUT2D eigenvalue weighted by Gasteiger charge is -2.28. The largest absolute Gasteiger partial charge is 0.268 e. The summed E-state index contributed by atoms with van der Waals surface area (Å²) in [6, 6.07) is 14.4. The zero-order valence-electron chi connectivity index (χ0n) is 11.6. The molecule has 0 spiro atoms. The zero-order chi connectivity index (χ0) is 15.0. The fraction of sp³-hybridized carbons (Fsp3) is 0.188. The number of fused-ring (bicyclic) bond motifs is 1. The van der Waals surface area contributed by atoms with Gasteiger partial charge in [0.25, 0.3) is 5.91 Å². The fourth-order valence-electron chi connectivity index (χ4n) is 2.50. The predicted octanol–water partition coefficient (Wildman–Crippen LogP) is 2.48. The highest BCUT2D eigenvalue weighted by Gasteiger charge is 2.35. The van der Waals surface area contributed by atoms with Crippen molar-refractivity contribution in [3.63, 3.8) is 0 Å². The number of benzene rings is 2. The molecule has 0 aliphatic carbocycles. The third-order valence-corrected chi connectivity index (χ3v) is 5.37. The molecule has 5 heteroatoms. The molecule has 1 heterocycles. The molecular weight excluding hydrogens is 286 g/mol. The van der Waals surface area contributed by atoms with E-state index >= 15 is 0 Å². The van der Waals surface area contributed by atoms with Crippen LogP contribution in [0.15, 0.2) is 48.5 Å². The van der Waals surface area contributed by atoms with Gasteiger partial charge in [-0.1, -0.05) is 42.5 Å². The van der Waals surface area contributed by atoms with E-state index in [9.17, 15) is 13.2 Å². The summed E-state index contributed by atoms with van der Waals surface area (Å²) in [5, 5.41) is 0. The van der Waals surface area contributed by atoms with E-state index in [1.54, 1.807) is 24.3 Å². The topological polar surface area (TPSA) is 54.5 Å². The SMILES string of the molecule is Cc1ccccc1CN1C(=O)c2ccccc2CS1(=O)=O. The third-order valence-electron chi connectivity index (χ3n) is 3.72. The molecule has 2 aromatic carbocycles. The van der Waals surface area contributed by atoms with Crippen LogP contribution in [-0.4, -0.2) is 18.6 Å². The van der Waals surface area contributed by atoms with Crippen molar-refractivity contribution < 1.29 is 13.2 Å². The van der Waals surface area contributed by atoms with Crippen molar-refractivity contribution in [2.24, 2.45) is 0 Å². The van der Waals surface area contributed by atoms with Crippen molar-refractivity contribution in [2.45, 2.75) is 19.2 Å². The molecule has 3 rings (SSSR count). The van der Waals surface area contributed by atoms with Crippen molar-refractivity contribution >= 4 is 15.9 Å². The fourth-order valence-corrected chi connectivity index (χ4v) is 3.99. The molecule has 0 saturated heterocycles. The molecule has 1 aliphatic rings. The van der Waals surface area contributed by atoms with E-state index in [1.165, 1.54) is 0 Å². The molecule has 0 atom stereocenters. The number of hydrogen-bond donors (Lipinski definition) is 0. The summed E-state index contributed by atoms with van der Waals surface area (Å²) in [7, 11) is -3.62. The first-order valence-electron chi connectivity index (χ1n) is 6.66. The number of amides is 1. The van der Waals surface area contributed by atoms with Crippen molar-refractivity contribution in [3.8, 4) is 0 Å². The Bertz CT molecular complexity index is 812. The van der Waals surface area contributed by atoms with Gasteiger partial charge in [-0.05, 0) is 29.7 Å². The van der Waals surface area contributed by atoms with Gasteiger partial charge in [0.15, 0.2) is 0 Å². The normalized spacial score (nSPS) is 16.6. The van der Waals surface area contributed by atoms with E-state index in [2.05, 4.69) is 0 Å². The summed E-state index contributed by atoms with van der Waals surface area (Å²) in [5.74, 6) is -0.569. The van der Waals surface area contributed by atoms with Crippen LogP contribution in [0, 0.1) is 6.92 Å². The maximum Gasteiger partial charge on any atom is 0.267 e. The standard InChI is InChI=1S/C16H15NO3S/c1-12-6-2-3-7-13(12)10-17-16(18)15-9-5-4-8-14(15)11-21(17,19)20/h2-9H,10-11H2,1H3. The van der Waals surface area contributed by atoms with Crippen molar-refractivity contribution in [1.29, 1.82) is 0 Å². The average molecular weight is 301 g/mol. The number of aryl methyl sites for hydroxylation is 1. The second kappa shape index (κ2) is 5.00. The second-order valence-corrected chi connectivity index (χ2v) is 7.04. The maximum atomic E-state index is 12.5. The van der Waals surface area contributed by atoms with Crippen LogP contribution in [-0.2, 0) is 22.3 Å². The minimum Gasteiger partial charge on any atom is -0.268 e. The van der Waals surface area contributed by atoms with Crippen molar-refractivity contribution in [3.05, 3.63) is 70.8 Å². The Morgan fingerprint density at radius 2 is 1.71 bits per heavy atom. The van der Waals surface area contributed by atoms with E-state index in [0.717, 1.165) is 15.4 Å². The van der Waals surface area contributed by atoms with E-state index < -0.39 is 15.9 Å². The Balaban J connectivity index is 2.03. The Kier molecular flexibility index (Phi) is 3.29. The molecular formula is C16H15NO3S. The van der Waals surface area contributed by atoms with Gasteiger partial charge in [0, 0.05) is 5.56 Å². The average Bonchev–Trinajstić information content (AvgIpc) is 2.45. The first-order valence-corrected chi connectivity index (χ1v) is 8.27. The van der Waals surface area contributed by atoms with Crippen LogP contribution < -0.4 is 0 Å². The first-order chi connectivity index (χ1) is 9.99. The smallest absolute Gasteiger partial charge is 0.267 e. The number of hydrogen-bond acceptors (Lipinski definition) is 3. The molecule has 0 saturated carbocycles. The number of rotatable bonds is 2. The van der Waals surface area contributed by atoms with Gasteiger partial charge < -0.3 is 0 Å². The minimum atomic E-state index is -3.62. The number of nitrogens with zero attached hydrogens (tertiary/aromatic N) is 1. The molecule has 0 bridgehead atoms. The molecule has 1 amide bonds. The lowest BCUT2D eigenvalue weighted by Crippen LogP contribution is -2.41. The quantitative estimate of drug-likeness (QED) is 0.856. The van der Waals surface area contributed by atoms with Crippen LogP contribution in [0.3, 0.4) is 0 Å². The Labute approximate surface area is 124 Å². The van der Waals surface area contributed by atoms with Crippen LogP contribution >= 0.6 is 0 Å². The minimum absolute atomic E-state index is 0.0855. The summed E-state index contributed by atoms with van der Waals surface area (Å²) in [6.45, 7) is 1.99. The molecule has 0 fully saturated rings. The predicted molar refractivity (Wildman–Crippen MR) is 80.1 cm³/mol. The highest BCUT2D eigenvalue weighted by Crippen LogP contribution is 2.26. The van der Waals surface area contributed by atoms with Gasteiger partial charge in [-0.3, -0.25) is 4.79 Å². The maximum absolute atomic E-state index is 12.5. The van der Waals surface area contributed by atoms with Crippen molar-refractivity contribution in [1.82, 2.24) is 4.31 Å². The Hall–Kier alpha value is -2.14. The summed E-state index contributed by atoms with van der Waals surface area (Å²) < 4.78 is 25.7. The molecule has 4 nitrogen and oxygen atoms in total. The number of carbonyl (C=O) groups is 1. The van der Waals surface area contributed by atoms with E-state index in [-0.39, 0.29) is 12.3 Å². The van der Waals surface area contributed by atoms with Gasteiger partial charge in [0.05, 0.1) is 12.3 Å². The molecule has 0 unspecified atom stereocenters. The monoisotopic (exact) mass is 301 g/mol. The van der Waals surface area contributed by atoms with Gasteiger partial charge in [-0.15, -0.1) is 0 Å². The van der Waals surface area contributed by atoms with Gasteiger partial charge in [-0.25, -0.2) is 12.7 Å². The molecule has 0 N–H and O–H groups in total. The summed E-state index contributed by atoms with van der Waals surface area (Å²) in [5.41, 5.74) is 2.86. The van der Waals surface area contributed by atoms with Crippen LogP contribution in [0.5, 0.6) is 0 Å². The van der Waals surface area contributed by atoms with Gasteiger partial charge >= 0.3 is 0 Å². The third kappa shape index (κ3) is 2.45. The van der Waals surface area contributed by atoms with Gasteiger partial charge in [0.1, 0.15) is 0 Å². The highest BCUT2D eigenvalue weighted by molar-refractivity contribution is 7.89. The Morgan fingerprint density at radius 1 is 1.05 bits per heavy atom. The molecule has 0 aromatic heterocycles. The highest BCUT2D eigenvalue weighted by atomic mass is 32.2. The van der Waals surface area contributed by atoms with Gasteiger partial charge in [-0.2, -0.15) is 0 Å². The van der Waals surface area contributed by atoms with Crippen LogP contribution in [0.4, 0.5) is 0 Å². The van der Waals surface area contributed by atoms with E-state index in [0.29, 0.717) is 11.1 Å². The molecule has 0 radical (unpaired) electrons. The van der Waals surface area contributed by atoms with Crippen LogP contribution in [0.25, 0.3) is 0 Å². The first kappa shape index (κ1) is 13.8. The lowest BCUT2D eigenvalue weighted by atomic mass is 10.1. The van der Waals surface area contributed by atoms with Crippen molar-refractivity contribution in [2.75, 3.05) is 0 Å². The lowest BCUT2D eigenvalue weighted by molar-refractivity contribution is 0.0849. The molecule has 1 aliphatic heterocycles. The van der Waals surface area contributed by atoms with E-state index in [1.807, 2.05) is 31.2 Å². The van der Waals surface area contributed by atoms with Gasteiger partial charge in [0.2, 0.25) is 10.0 Å². The number of sulfonamides is 1. The summed E-state index contributed by atoms with van der Waals surface area (Å²) in [6.07, 6.45) is 0. The number of carbonyl (C=O) groups excluding carboxylic acids is 1. The molecule has 108 valence electrons. The van der Waals surface area contributed by atoms with Crippen LogP contribution in [0.1, 0.15) is 27.0 Å². The van der Waals surface area contributed by atoms with E-state index in [4.69, 9.17) is 0 Å². The Morgan fingerprint density at radius 3 is 2.48 bits per heavy atom. The molecule has 21 heavy (non-hydrogen) atoms. The second-order valence-electron chi connectivity index (χ2n) is 5.15. The van der Waals surface area contributed by atoms with Crippen LogP contribution in [0.2, 0.25) is 0 Å². The zero-order valence-corrected chi connectivity index (χ0v) is 12.4.